The number of esters is 1. The second-order valence-electron chi connectivity index (χ2n) is 6.10. The molecule has 0 saturated heterocycles. The van der Waals surface area contributed by atoms with Gasteiger partial charge in [-0.3, -0.25) is 9.59 Å². The van der Waals surface area contributed by atoms with E-state index in [4.69, 9.17) is 25.5 Å². The number of carbonyl (C=O) groups is 1. The maximum Gasteiger partial charge on any atom is 0.419 e. The van der Waals surface area contributed by atoms with Crippen LogP contribution in [0.2, 0.25) is 5.02 Å². The van der Waals surface area contributed by atoms with E-state index < -0.39 is 35.2 Å². The average Bonchev–Trinajstić information content (AvgIpc) is 2.60. The van der Waals surface area contributed by atoms with Gasteiger partial charge < -0.3 is 13.9 Å². The molecule has 29 heavy (non-hydrogen) atoms. The molecule has 5 nitrogen and oxygen atoms in total. The topological polar surface area (TPSA) is 65.7 Å². The van der Waals surface area contributed by atoms with E-state index in [2.05, 4.69) is 0 Å². The molecule has 0 fully saturated rings. The van der Waals surface area contributed by atoms with E-state index >= 15 is 0 Å². The number of ether oxygens (including phenoxy) is 2. The summed E-state index contributed by atoms with van der Waals surface area (Å²) in [5.41, 5.74) is -1.20. The Balaban J connectivity index is 2.12. The molecule has 0 amide bonds. The second-order valence-corrected chi connectivity index (χ2v) is 6.50. The highest BCUT2D eigenvalue weighted by molar-refractivity contribution is 6.34. The van der Waals surface area contributed by atoms with Gasteiger partial charge in [0.05, 0.1) is 16.0 Å². The molecule has 1 atom stereocenters. The van der Waals surface area contributed by atoms with Crippen LogP contribution in [0, 0.1) is 0 Å². The molecule has 1 unspecified atom stereocenters. The smallest absolute Gasteiger partial charge is 0.419 e. The molecule has 0 spiro atoms. The maximum atomic E-state index is 13.3. The number of hydrogen-bond donors (Lipinski definition) is 0. The Kier molecular flexibility index (Phi) is 5.57. The first-order valence-electron chi connectivity index (χ1n) is 8.34. The monoisotopic (exact) mass is 426 g/mol. The summed E-state index contributed by atoms with van der Waals surface area (Å²) in [6.45, 7) is 2.39. The van der Waals surface area contributed by atoms with Crippen LogP contribution in [0.15, 0.2) is 51.7 Å². The van der Waals surface area contributed by atoms with Gasteiger partial charge in [-0.25, -0.2) is 0 Å². The SMILES string of the molecule is CC(=O)OC(C)Oc1cc(-c2cc(=O)c3cccc(Cl)c3o2)ccc1C(F)(F)F. The van der Waals surface area contributed by atoms with Crippen molar-refractivity contribution in [3.05, 3.63) is 63.3 Å². The van der Waals surface area contributed by atoms with Crippen molar-refractivity contribution in [2.75, 3.05) is 0 Å². The zero-order chi connectivity index (χ0) is 21.3. The van der Waals surface area contributed by atoms with Gasteiger partial charge in [0.15, 0.2) is 11.0 Å². The lowest BCUT2D eigenvalue weighted by Gasteiger charge is -2.19. The number of carbonyl (C=O) groups excluding carboxylic acids is 1. The lowest BCUT2D eigenvalue weighted by molar-refractivity contribution is -0.160. The summed E-state index contributed by atoms with van der Waals surface area (Å²) in [6, 6.07) is 8.79. The average molecular weight is 427 g/mol. The van der Waals surface area contributed by atoms with Crippen molar-refractivity contribution in [2.45, 2.75) is 26.3 Å². The Morgan fingerprint density at radius 1 is 1.17 bits per heavy atom. The predicted molar refractivity (Wildman–Crippen MR) is 99.8 cm³/mol. The normalized spacial score (nSPS) is 12.6. The van der Waals surface area contributed by atoms with E-state index in [1.807, 2.05) is 0 Å². The first-order valence-corrected chi connectivity index (χ1v) is 8.72. The van der Waals surface area contributed by atoms with Crippen molar-refractivity contribution in [1.29, 1.82) is 0 Å². The lowest BCUT2D eigenvalue weighted by atomic mass is 10.1. The molecule has 152 valence electrons. The molecular formula is C20H14ClF3O5. The summed E-state index contributed by atoms with van der Waals surface area (Å²) >= 11 is 6.07. The highest BCUT2D eigenvalue weighted by Crippen LogP contribution is 2.39. The van der Waals surface area contributed by atoms with Gasteiger partial charge in [0.25, 0.3) is 0 Å². The molecular weight excluding hydrogens is 413 g/mol. The lowest BCUT2D eigenvalue weighted by Crippen LogP contribution is -2.21. The van der Waals surface area contributed by atoms with Crippen LogP contribution in [-0.4, -0.2) is 12.3 Å². The number of fused-ring (bicyclic) bond motifs is 1. The van der Waals surface area contributed by atoms with Crippen molar-refractivity contribution in [3.8, 4) is 17.1 Å². The van der Waals surface area contributed by atoms with E-state index in [1.165, 1.54) is 19.1 Å². The molecule has 3 aromatic rings. The first kappa shape index (κ1) is 20.7. The summed E-state index contributed by atoms with van der Waals surface area (Å²) in [5.74, 6) is -1.28. The summed E-state index contributed by atoms with van der Waals surface area (Å²) in [5, 5.41) is 0.432. The van der Waals surface area contributed by atoms with Gasteiger partial charge in [-0.05, 0) is 24.3 Å². The Morgan fingerprint density at radius 2 is 1.90 bits per heavy atom. The number of alkyl halides is 3. The zero-order valence-corrected chi connectivity index (χ0v) is 15.9. The molecule has 0 aliphatic heterocycles. The van der Waals surface area contributed by atoms with Gasteiger partial charge in [0.1, 0.15) is 11.5 Å². The number of rotatable bonds is 4. The standard InChI is InChI=1S/C20H14ClF3O5/c1-10(25)27-11(2)28-18-8-12(6-7-14(18)20(22,23)24)17-9-16(26)13-4-3-5-15(21)19(13)29-17/h3-9,11H,1-2H3. The fourth-order valence-corrected chi connectivity index (χ4v) is 2.94. The number of benzene rings is 2. The van der Waals surface area contributed by atoms with Crippen LogP contribution in [-0.2, 0) is 15.7 Å². The molecule has 9 heteroatoms. The minimum absolute atomic E-state index is 0.00862. The molecule has 0 radical (unpaired) electrons. The van der Waals surface area contributed by atoms with Gasteiger partial charge in [-0.2, -0.15) is 13.2 Å². The Hall–Kier alpha value is -3.00. The van der Waals surface area contributed by atoms with Gasteiger partial charge in [-0.15, -0.1) is 0 Å². The third kappa shape index (κ3) is 4.54. The quantitative estimate of drug-likeness (QED) is 0.411. The van der Waals surface area contributed by atoms with Crippen molar-refractivity contribution < 1.29 is 31.9 Å². The summed E-state index contributed by atoms with van der Waals surface area (Å²) < 4.78 is 55.6. The molecule has 1 aromatic heterocycles. The van der Waals surface area contributed by atoms with Crippen molar-refractivity contribution in [1.82, 2.24) is 0 Å². The largest absolute Gasteiger partial charge is 0.454 e. The summed E-state index contributed by atoms with van der Waals surface area (Å²) in [6.07, 6.45) is -5.97. The van der Waals surface area contributed by atoms with Crippen LogP contribution in [0.3, 0.4) is 0 Å². The highest BCUT2D eigenvalue weighted by Gasteiger charge is 2.35. The maximum absolute atomic E-state index is 13.3. The van der Waals surface area contributed by atoms with Crippen LogP contribution in [0.25, 0.3) is 22.3 Å². The molecule has 0 saturated carbocycles. The van der Waals surface area contributed by atoms with Gasteiger partial charge in [-0.1, -0.05) is 23.7 Å². The molecule has 0 bridgehead atoms. The third-order valence-electron chi connectivity index (χ3n) is 3.90. The Labute approximate surface area is 167 Å². The van der Waals surface area contributed by atoms with E-state index in [0.717, 1.165) is 31.2 Å². The molecule has 2 aromatic carbocycles. The van der Waals surface area contributed by atoms with Crippen molar-refractivity contribution in [2.24, 2.45) is 0 Å². The van der Waals surface area contributed by atoms with Crippen molar-refractivity contribution >= 4 is 28.5 Å². The van der Waals surface area contributed by atoms with Gasteiger partial charge in [0.2, 0.25) is 6.29 Å². The fourth-order valence-electron chi connectivity index (χ4n) is 2.73. The molecule has 0 aliphatic rings. The molecule has 0 N–H and O–H groups in total. The van der Waals surface area contributed by atoms with E-state index in [9.17, 15) is 22.8 Å². The van der Waals surface area contributed by atoms with Gasteiger partial charge in [0, 0.05) is 25.5 Å². The third-order valence-corrected chi connectivity index (χ3v) is 4.20. The second kappa shape index (κ2) is 7.79. The van der Waals surface area contributed by atoms with Gasteiger partial charge >= 0.3 is 12.1 Å². The fraction of sp³-hybridized carbons (Fsp3) is 0.200. The number of hydrogen-bond acceptors (Lipinski definition) is 5. The number of halogens is 4. The van der Waals surface area contributed by atoms with Crippen LogP contribution in [0.1, 0.15) is 19.4 Å². The van der Waals surface area contributed by atoms with Crippen LogP contribution in [0.5, 0.6) is 5.75 Å². The minimum atomic E-state index is -4.71. The Morgan fingerprint density at radius 3 is 2.55 bits per heavy atom. The van der Waals surface area contributed by atoms with Crippen molar-refractivity contribution in [3.63, 3.8) is 0 Å². The minimum Gasteiger partial charge on any atom is -0.454 e. The Bertz CT molecular complexity index is 1140. The highest BCUT2D eigenvalue weighted by atomic mass is 35.5. The predicted octanol–water partition coefficient (Wildman–Crippen LogP) is 5.42. The summed E-state index contributed by atoms with van der Waals surface area (Å²) in [7, 11) is 0. The number of para-hydroxylation sites is 1. The first-order chi connectivity index (χ1) is 13.6. The van der Waals surface area contributed by atoms with Crippen LogP contribution < -0.4 is 10.2 Å². The molecule has 1 heterocycles. The van der Waals surface area contributed by atoms with Crippen LogP contribution >= 0.6 is 11.6 Å². The van der Waals surface area contributed by atoms with E-state index in [0.29, 0.717) is 0 Å². The van der Waals surface area contributed by atoms with E-state index in [1.54, 1.807) is 6.07 Å². The van der Waals surface area contributed by atoms with E-state index in [-0.39, 0.29) is 27.3 Å². The molecule has 3 rings (SSSR count). The summed E-state index contributed by atoms with van der Waals surface area (Å²) in [4.78, 5) is 23.4. The van der Waals surface area contributed by atoms with Crippen LogP contribution in [0.4, 0.5) is 13.2 Å². The molecule has 0 aliphatic carbocycles. The zero-order valence-electron chi connectivity index (χ0n) is 15.2.